The van der Waals surface area contributed by atoms with Crippen LogP contribution in [0, 0.1) is 17.0 Å². The molecular formula is C20H13ClN4O4. The van der Waals surface area contributed by atoms with Crippen LogP contribution in [0.3, 0.4) is 0 Å². The fraction of sp³-hybridized carbons (Fsp3) is 0.0500. The Labute approximate surface area is 169 Å². The molecule has 9 heteroatoms. The maximum atomic E-state index is 12.6. The summed E-state index contributed by atoms with van der Waals surface area (Å²) in [7, 11) is 0. The van der Waals surface area contributed by atoms with Gasteiger partial charge in [-0.3, -0.25) is 14.9 Å². The predicted octanol–water partition coefficient (Wildman–Crippen LogP) is 5.01. The molecule has 0 aliphatic rings. The Morgan fingerprint density at radius 3 is 2.76 bits per heavy atom. The maximum absolute atomic E-state index is 12.6. The molecule has 0 fully saturated rings. The number of hydrogen-bond acceptors (Lipinski definition) is 6. The standard InChI is InChI=1S/C20H13ClN4O4/c1-11-9-12(4-7-16(11)25(27)28)19(26)23-13-5-6-15(21)14(10-13)20-24-18-17(29-20)3-2-8-22-18/h2-10H,1H3,(H,23,26). The first-order valence-corrected chi connectivity index (χ1v) is 8.88. The summed E-state index contributed by atoms with van der Waals surface area (Å²) in [5.41, 5.74) is 2.61. The second kappa shape index (κ2) is 7.33. The van der Waals surface area contributed by atoms with Crippen molar-refractivity contribution in [3.63, 3.8) is 0 Å². The molecule has 0 saturated heterocycles. The highest BCUT2D eigenvalue weighted by atomic mass is 35.5. The smallest absolute Gasteiger partial charge is 0.272 e. The molecule has 0 spiro atoms. The van der Waals surface area contributed by atoms with Crippen molar-refractivity contribution in [2.24, 2.45) is 0 Å². The van der Waals surface area contributed by atoms with Gasteiger partial charge in [0.1, 0.15) is 0 Å². The summed E-state index contributed by atoms with van der Waals surface area (Å²) in [6.07, 6.45) is 1.61. The Morgan fingerprint density at radius 1 is 1.21 bits per heavy atom. The van der Waals surface area contributed by atoms with E-state index < -0.39 is 10.8 Å². The highest BCUT2D eigenvalue weighted by Crippen LogP contribution is 2.32. The van der Waals surface area contributed by atoms with Crippen LogP contribution in [-0.2, 0) is 0 Å². The first kappa shape index (κ1) is 18.6. The predicted molar refractivity (Wildman–Crippen MR) is 108 cm³/mol. The lowest BCUT2D eigenvalue weighted by Gasteiger charge is -2.08. The average molecular weight is 409 g/mol. The fourth-order valence-electron chi connectivity index (χ4n) is 2.86. The van der Waals surface area contributed by atoms with Gasteiger partial charge in [0.25, 0.3) is 11.6 Å². The number of carbonyl (C=O) groups is 1. The molecule has 1 amide bonds. The number of aromatic nitrogens is 2. The van der Waals surface area contributed by atoms with Crippen molar-refractivity contribution in [2.45, 2.75) is 6.92 Å². The van der Waals surface area contributed by atoms with E-state index in [1.807, 2.05) is 0 Å². The number of nitro benzene ring substituents is 1. The van der Waals surface area contributed by atoms with Gasteiger partial charge >= 0.3 is 0 Å². The molecule has 0 bridgehead atoms. The van der Waals surface area contributed by atoms with E-state index in [2.05, 4.69) is 15.3 Å². The van der Waals surface area contributed by atoms with E-state index in [-0.39, 0.29) is 11.6 Å². The maximum Gasteiger partial charge on any atom is 0.272 e. The third-order valence-electron chi connectivity index (χ3n) is 4.28. The SMILES string of the molecule is Cc1cc(C(=O)Nc2ccc(Cl)c(-c3nc4ncccc4o3)c2)ccc1[N+](=O)[O-]. The summed E-state index contributed by atoms with van der Waals surface area (Å²) in [5.74, 6) is -0.124. The minimum atomic E-state index is -0.488. The number of hydrogen-bond donors (Lipinski definition) is 1. The van der Waals surface area contributed by atoms with Gasteiger partial charge in [-0.1, -0.05) is 11.6 Å². The Bertz CT molecular complexity index is 1240. The molecule has 4 aromatic rings. The molecule has 4 rings (SSSR count). The monoisotopic (exact) mass is 408 g/mol. The number of nitrogens with zero attached hydrogens (tertiary/aromatic N) is 3. The van der Waals surface area contributed by atoms with E-state index in [4.69, 9.17) is 16.0 Å². The van der Waals surface area contributed by atoms with E-state index in [0.29, 0.717) is 38.6 Å². The van der Waals surface area contributed by atoms with Gasteiger partial charge in [0, 0.05) is 29.1 Å². The highest BCUT2D eigenvalue weighted by molar-refractivity contribution is 6.33. The van der Waals surface area contributed by atoms with E-state index >= 15 is 0 Å². The molecule has 2 aromatic heterocycles. The first-order chi connectivity index (χ1) is 13.9. The fourth-order valence-corrected chi connectivity index (χ4v) is 3.05. The minimum Gasteiger partial charge on any atom is -0.434 e. The van der Waals surface area contributed by atoms with Crippen molar-refractivity contribution < 1.29 is 14.1 Å². The van der Waals surface area contributed by atoms with Gasteiger partial charge in [0.05, 0.1) is 15.5 Å². The Kier molecular flexibility index (Phi) is 4.69. The van der Waals surface area contributed by atoms with Gasteiger partial charge < -0.3 is 9.73 Å². The van der Waals surface area contributed by atoms with Crippen LogP contribution in [0.5, 0.6) is 0 Å². The minimum absolute atomic E-state index is 0.0418. The van der Waals surface area contributed by atoms with Gasteiger partial charge in [-0.15, -0.1) is 0 Å². The largest absolute Gasteiger partial charge is 0.434 e. The molecule has 8 nitrogen and oxygen atoms in total. The van der Waals surface area contributed by atoms with E-state index in [0.717, 1.165) is 0 Å². The normalized spacial score (nSPS) is 10.8. The van der Waals surface area contributed by atoms with Crippen LogP contribution in [0.1, 0.15) is 15.9 Å². The lowest BCUT2D eigenvalue weighted by molar-refractivity contribution is -0.385. The topological polar surface area (TPSA) is 111 Å². The lowest BCUT2D eigenvalue weighted by atomic mass is 10.1. The quantitative estimate of drug-likeness (QED) is 0.375. The number of pyridine rings is 1. The van der Waals surface area contributed by atoms with Crippen LogP contribution < -0.4 is 5.32 Å². The first-order valence-electron chi connectivity index (χ1n) is 8.50. The number of oxazole rings is 1. The zero-order chi connectivity index (χ0) is 20.5. The zero-order valence-electron chi connectivity index (χ0n) is 15.0. The Balaban J connectivity index is 1.63. The van der Waals surface area contributed by atoms with Crippen LogP contribution in [0.25, 0.3) is 22.7 Å². The number of anilines is 1. The summed E-state index contributed by atoms with van der Waals surface area (Å²) in [6, 6.07) is 12.6. The molecule has 144 valence electrons. The molecule has 1 N–H and O–H groups in total. The van der Waals surface area contributed by atoms with Crippen LogP contribution in [0.15, 0.2) is 59.1 Å². The molecule has 0 aliphatic carbocycles. The van der Waals surface area contributed by atoms with Crippen molar-refractivity contribution >= 4 is 40.1 Å². The summed E-state index contributed by atoms with van der Waals surface area (Å²) in [4.78, 5) is 31.5. The zero-order valence-corrected chi connectivity index (χ0v) is 15.8. The molecule has 0 saturated carbocycles. The molecule has 0 unspecified atom stereocenters. The van der Waals surface area contributed by atoms with Crippen molar-refractivity contribution in [1.29, 1.82) is 0 Å². The van der Waals surface area contributed by atoms with Gasteiger partial charge in [-0.2, -0.15) is 4.98 Å². The van der Waals surface area contributed by atoms with Crippen LogP contribution in [0.4, 0.5) is 11.4 Å². The lowest BCUT2D eigenvalue weighted by Crippen LogP contribution is -2.12. The number of nitro groups is 1. The van der Waals surface area contributed by atoms with E-state index in [9.17, 15) is 14.9 Å². The van der Waals surface area contributed by atoms with Crippen LogP contribution >= 0.6 is 11.6 Å². The van der Waals surface area contributed by atoms with Gasteiger partial charge in [-0.05, 0) is 49.4 Å². The summed E-state index contributed by atoms with van der Waals surface area (Å²) < 4.78 is 5.70. The number of halogens is 1. The number of amides is 1. The van der Waals surface area contributed by atoms with Crippen molar-refractivity contribution in [3.05, 3.63) is 81.0 Å². The number of rotatable bonds is 4. The summed E-state index contributed by atoms with van der Waals surface area (Å²) in [6.45, 7) is 1.58. The van der Waals surface area contributed by atoms with Crippen LogP contribution in [0.2, 0.25) is 5.02 Å². The van der Waals surface area contributed by atoms with Crippen molar-refractivity contribution in [3.8, 4) is 11.5 Å². The third-order valence-corrected chi connectivity index (χ3v) is 4.60. The average Bonchev–Trinajstić information content (AvgIpc) is 3.13. The van der Waals surface area contributed by atoms with E-state index in [1.165, 1.54) is 18.2 Å². The summed E-state index contributed by atoms with van der Waals surface area (Å²) in [5, 5.41) is 14.1. The molecule has 0 aliphatic heterocycles. The van der Waals surface area contributed by atoms with Gasteiger partial charge in [0.2, 0.25) is 5.89 Å². The van der Waals surface area contributed by atoms with Gasteiger partial charge in [0.15, 0.2) is 11.2 Å². The third kappa shape index (κ3) is 3.65. The Morgan fingerprint density at radius 2 is 2.03 bits per heavy atom. The molecule has 2 heterocycles. The van der Waals surface area contributed by atoms with Crippen molar-refractivity contribution in [2.75, 3.05) is 5.32 Å². The van der Waals surface area contributed by atoms with Crippen molar-refractivity contribution in [1.82, 2.24) is 9.97 Å². The number of aryl methyl sites for hydroxylation is 1. The highest BCUT2D eigenvalue weighted by Gasteiger charge is 2.16. The molecule has 0 atom stereocenters. The van der Waals surface area contributed by atoms with E-state index in [1.54, 1.807) is 43.5 Å². The Hall–Kier alpha value is -3.78. The number of carbonyl (C=O) groups excluding carboxylic acids is 1. The summed E-state index contributed by atoms with van der Waals surface area (Å²) >= 11 is 6.28. The molecular weight excluding hydrogens is 396 g/mol. The molecule has 0 radical (unpaired) electrons. The number of fused-ring (bicyclic) bond motifs is 1. The molecule has 2 aromatic carbocycles. The second-order valence-electron chi connectivity index (χ2n) is 6.25. The molecule has 29 heavy (non-hydrogen) atoms. The van der Waals surface area contributed by atoms with Crippen LogP contribution in [-0.4, -0.2) is 20.8 Å². The van der Waals surface area contributed by atoms with Gasteiger partial charge in [-0.25, -0.2) is 4.98 Å². The second-order valence-corrected chi connectivity index (χ2v) is 6.66. The number of benzene rings is 2. The number of nitrogens with one attached hydrogen (secondary N) is 1.